The summed E-state index contributed by atoms with van der Waals surface area (Å²) in [6.07, 6.45) is 2.45. The Hall–Kier alpha value is -1.33. The molecule has 0 radical (unpaired) electrons. The molecule has 1 aromatic rings. The van der Waals surface area contributed by atoms with Crippen molar-refractivity contribution in [1.82, 2.24) is 5.32 Å². The van der Waals surface area contributed by atoms with Gasteiger partial charge in [0.05, 0.1) is 11.6 Å². The SMILES string of the molecule is CNC1CC(c2ccc(C#N)cc2)C1. The summed E-state index contributed by atoms with van der Waals surface area (Å²) >= 11 is 0. The molecule has 0 amide bonds. The van der Waals surface area contributed by atoms with Gasteiger partial charge in [-0.3, -0.25) is 0 Å². The fourth-order valence-electron chi connectivity index (χ4n) is 1.96. The summed E-state index contributed by atoms with van der Waals surface area (Å²) in [6.45, 7) is 0. The summed E-state index contributed by atoms with van der Waals surface area (Å²) in [7, 11) is 2.01. The molecule has 0 bridgehead atoms. The second-order valence-corrected chi connectivity index (χ2v) is 3.89. The maximum Gasteiger partial charge on any atom is 0.0991 e. The highest BCUT2D eigenvalue weighted by Gasteiger charge is 2.28. The lowest BCUT2D eigenvalue weighted by molar-refractivity contribution is 0.307. The van der Waals surface area contributed by atoms with E-state index in [1.807, 2.05) is 19.2 Å². The first kappa shape index (κ1) is 9.23. The van der Waals surface area contributed by atoms with Gasteiger partial charge in [0.1, 0.15) is 0 Å². The number of nitrogens with zero attached hydrogens (tertiary/aromatic N) is 1. The van der Waals surface area contributed by atoms with Gasteiger partial charge in [0, 0.05) is 6.04 Å². The molecule has 1 saturated carbocycles. The Morgan fingerprint density at radius 2 is 1.93 bits per heavy atom. The van der Waals surface area contributed by atoms with Gasteiger partial charge in [-0.05, 0) is 43.5 Å². The molecule has 1 fully saturated rings. The lowest BCUT2D eigenvalue weighted by Crippen LogP contribution is -2.37. The average Bonchev–Trinajstić information content (AvgIpc) is 2.17. The lowest BCUT2D eigenvalue weighted by atomic mass is 9.76. The van der Waals surface area contributed by atoms with Gasteiger partial charge in [0.25, 0.3) is 0 Å². The second-order valence-electron chi connectivity index (χ2n) is 3.89. The number of benzene rings is 1. The summed E-state index contributed by atoms with van der Waals surface area (Å²) in [6, 6.07) is 10.8. The highest BCUT2D eigenvalue weighted by molar-refractivity contribution is 5.34. The molecule has 2 nitrogen and oxygen atoms in total. The lowest BCUT2D eigenvalue weighted by Gasteiger charge is -2.35. The third kappa shape index (κ3) is 1.64. The van der Waals surface area contributed by atoms with E-state index in [2.05, 4.69) is 23.5 Å². The van der Waals surface area contributed by atoms with Crippen LogP contribution in [0.1, 0.15) is 29.9 Å². The van der Waals surface area contributed by atoms with Crippen LogP contribution >= 0.6 is 0 Å². The Kier molecular flexibility index (Phi) is 2.51. The Labute approximate surface area is 84.6 Å². The number of hydrogen-bond acceptors (Lipinski definition) is 2. The molecule has 14 heavy (non-hydrogen) atoms. The van der Waals surface area contributed by atoms with E-state index in [-0.39, 0.29) is 0 Å². The van der Waals surface area contributed by atoms with Crippen molar-refractivity contribution < 1.29 is 0 Å². The van der Waals surface area contributed by atoms with Crippen LogP contribution in [0.15, 0.2) is 24.3 Å². The first-order valence-corrected chi connectivity index (χ1v) is 5.01. The average molecular weight is 186 g/mol. The van der Waals surface area contributed by atoms with Crippen LogP contribution in [0.25, 0.3) is 0 Å². The van der Waals surface area contributed by atoms with Gasteiger partial charge >= 0.3 is 0 Å². The molecule has 0 heterocycles. The first-order valence-electron chi connectivity index (χ1n) is 5.01. The van der Waals surface area contributed by atoms with Crippen molar-refractivity contribution in [2.45, 2.75) is 24.8 Å². The molecular formula is C12H14N2. The molecule has 0 atom stereocenters. The van der Waals surface area contributed by atoms with Crippen LogP contribution in [0, 0.1) is 11.3 Å². The van der Waals surface area contributed by atoms with Crippen molar-refractivity contribution in [3.8, 4) is 6.07 Å². The smallest absolute Gasteiger partial charge is 0.0991 e. The number of nitrogens with one attached hydrogen (secondary N) is 1. The quantitative estimate of drug-likeness (QED) is 0.767. The van der Waals surface area contributed by atoms with Crippen molar-refractivity contribution in [1.29, 1.82) is 5.26 Å². The summed E-state index contributed by atoms with van der Waals surface area (Å²) in [5.74, 6) is 0.695. The van der Waals surface area contributed by atoms with Crippen LogP contribution in [-0.4, -0.2) is 13.1 Å². The van der Waals surface area contributed by atoms with E-state index in [4.69, 9.17) is 5.26 Å². The predicted octanol–water partition coefficient (Wildman–Crippen LogP) is 2.02. The normalized spacial score (nSPS) is 25.1. The second kappa shape index (κ2) is 3.81. The van der Waals surface area contributed by atoms with Crippen molar-refractivity contribution in [2.24, 2.45) is 0 Å². The van der Waals surface area contributed by atoms with Gasteiger partial charge in [-0.1, -0.05) is 12.1 Å². The van der Waals surface area contributed by atoms with Gasteiger partial charge in [0.2, 0.25) is 0 Å². The molecule has 0 unspecified atom stereocenters. The third-order valence-electron chi connectivity index (χ3n) is 3.06. The van der Waals surface area contributed by atoms with E-state index in [9.17, 15) is 0 Å². The highest BCUT2D eigenvalue weighted by atomic mass is 14.9. The van der Waals surface area contributed by atoms with E-state index < -0.39 is 0 Å². The number of nitriles is 1. The van der Waals surface area contributed by atoms with Gasteiger partial charge < -0.3 is 5.32 Å². The molecule has 2 heteroatoms. The fraction of sp³-hybridized carbons (Fsp3) is 0.417. The maximum atomic E-state index is 8.66. The van der Waals surface area contributed by atoms with E-state index in [0.717, 1.165) is 5.56 Å². The Morgan fingerprint density at radius 1 is 1.29 bits per heavy atom. The number of hydrogen-bond donors (Lipinski definition) is 1. The van der Waals surface area contributed by atoms with Crippen molar-refractivity contribution in [2.75, 3.05) is 7.05 Å². The van der Waals surface area contributed by atoms with Gasteiger partial charge in [-0.25, -0.2) is 0 Å². The van der Waals surface area contributed by atoms with Crippen molar-refractivity contribution in [3.63, 3.8) is 0 Å². The van der Waals surface area contributed by atoms with Gasteiger partial charge in [0.15, 0.2) is 0 Å². The molecule has 72 valence electrons. The number of rotatable bonds is 2. The minimum Gasteiger partial charge on any atom is -0.317 e. The predicted molar refractivity (Wildman–Crippen MR) is 56.0 cm³/mol. The van der Waals surface area contributed by atoms with Crippen molar-refractivity contribution >= 4 is 0 Å². The molecule has 1 aromatic carbocycles. The van der Waals surface area contributed by atoms with Gasteiger partial charge in [-0.15, -0.1) is 0 Å². The monoisotopic (exact) mass is 186 g/mol. The Bertz CT molecular complexity index is 342. The first-order chi connectivity index (χ1) is 6.83. The molecule has 2 rings (SSSR count). The Balaban J connectivity index is 2.02. The van der Waals surface area contributed by atoms with Crippen LogP contribution in [0.3, 0.4) is 0 Å². The molecule has 1 aliphatic rings. The van der Waals surface area contributed by atoms with Crippen LogP contribution in [0.5, 0.6) is 0 Å². The summed E-state index contributed by atoms with van der Waals surface area (Å²) in [5, 5.41) is 11.9. The van der Waals surface area contributed by atoms with E-state index in [1.54, 1.807) is 0 Å². The van der Waals surface area contributed by atoms with Crippen LogP contribution in [0.4, 0.5) is 0 Å². The minimum absolute atomic E-state index is 0.690. The van der Waals surface area contributed by atoms with Crippen LogP contribution in [-0.2, 0) is 0 Å². The van der Waals surface area contributed by atoms with Crippen molar-refractivity contribution in [3.05, 3.63) is 35.4 Å². The zero-order valence-electron chi connectivity index (χ0n) is 8.33. The molecular weight excluding hydrogens is 172 g/mol. The van der Waals surface area contributed by atoms with Crippen LogP contribution < -0.4 is 5.32 Å². The third-order valence-corrected chi connectivity index (χ3v) is 3.06. The fourth-order valence-corrected chi connectivity index (χ4v) is 1.96. The van der Waals surface area contributed by atoms with E-state index in [1.165, 1.54) is 18.4 Å². The molecule has 0 saturated heterocycles. The molecule has 1 N–H and O–H groups in total. The molecule has 0 aliphatic heterocycles. The maximum absolute atomic E-state index is 8.66. The minimum atomic E-state index is 0.690. The van der Waals surface area contributed by atoms with E-state index in [0.29, 0.717) is 12.0 Å². The summed E-state index contributed by atoms with van der Waals surface area (Å²) in [4.78, 5) is 0. The molecule has 1 aliphatic carbocycles. The Morgan fingerprint density at radius 3 is 2.43 bits per heavy atom. The highest BCUT2D eigenvalue weighted by Crippen LogP contribution is 2.36. The topological polar surface area (TPSA) is 35.8 Å². The molecule has 0 spiro atoms. The summed E-state index contributed by atoms with van der Waals surface area (Å²) in [5.41, 5.74) is 2.12. The van der Waals surface area contributed by atoms with E-state index >= 15 is 0 Å². The van der Waals surface area contributed by atoms with Crippen LogP contribution in [0.2, 0.25) is 0 Å². The zero-order chi connectivity index (χ0) is 9.97. The molecule has 0 aromatic heterocycles. The standard InChI is InChI=1S/C12H14N2/c1-14-12-6-11(7-12)10-4-2-9(8-13)3-5-10/h2-5,11-12,14H,6-7H2,1H3. The zero-order valence-corrected chi connectivity index (χ0v) is 8.33. The van der Waals surface area contributed by atoms with Gasteiger partial charge in [-0.2, -0.15) is 5.26 Å². The summed E-state index contributed by atoms with van der Waals surface area (Å²) < 4.78 is 0. The largest absolute Gasteiger partial charge is 0.317 e.